The monoisotopic (exact) mass is 256 g/mol. The quantitative estimate of drug-likeness (QED) is 0.787. The fourth-order valence-corrected chi connectivity index (χ4v) is 4.67. The molecule has 0 unspecified atom stereocenters. The summed E-state index contributed by atoms with van der Waals surface area (Å²) >= 11 is 0. The number of imidazole rings is 1. The van der Waals surface area contributed by atoms with Crippen LogP contribution >= 0.6 is 0 Å². The van der Waals surface area contributed by atoms with Crippen molar-refractivity contribution in [1.29, 1.82) is 0 Å². The molecule has 4 bridgehead atoms. The van der Waals surface area contributed by atoms with Crippen molar-refractivity contribution < 1.29 is 0 Å². The highest BCUT2D eigenvalue weighted by molar-refractivity contribution is 5.67. The van der Waals surface area contributed by atoms with Crippen LogP contribution in [0.4, 0.5) is 0 Å². The molecule has 19 heavy (non-hydrogen) atoms. The van der Waals surface area contributed by atoms with E-state index in [1.807, 2.05) is 0 Å². The number of rotatable bonds is 0. The van der Waals surface area contributed by atoms with Gasteiger partial charge in [0, 0.05) is 0 Å². The molecule has 0 aromatic carbocycles. The zero-order chi connectivity index (χ0) is 12.7. The lowest BCUT2D eigenvalue weighted by atomic mass is 9.56. The summed E-state index contributed by atoms with van der Waals surface area (Å²) in [6.07, 6.45) is 14.4. The van der Waals surface area contributed by atoms with Crippen LogP contribution in [0.3, 0.4) is 0 Å². The molecule has 4 saturated carbocycles. The van der Waals surface area contributed by atoms with E-state index in [1.54, 1.807) is 51.0 Å². The summed E-state index contributed by atoms with van der Waals surface area (Å²) in [5.74, 6) is 4.71. The number of aromatic nitrogens is 4. The van der Waals surface area contributed by atoms with Gasteiger partial charge in [0.1, 0.15) is 11.8 Å². The Kier molecular flexibility index (Phi) is 2.75. The van der Waals surface area contributed by atoms with Crippen LogP contribution < -0.4 is 0 Å². The standard InChI is InChI=1S/C10H16.C5H4N4/c1-7-2-9-4-8(1)5-10(3-7)6-9;1-4-5(8-2-6-1)9-3-7-4/h7-10H,1-6H2;1-3H,(H,6,7,8,9). The van der Waals surface area contributed by atoms with Gasteiger partial charge in [0.15, 0.2) is 5.65 Å². The normalized spacial score (nSPS) is 35.2. The minimum atomic E-state index is 0.713. The lowest BCUT2D eigenvalue weighted by molar-refractivity contribution is 0.0198. The third-order valence-corrected chi connectivity index (χ3v) is 5.10. The van der Waals surface area contributed by atoms with Crippen LogP contribution in [0, 0.1) is 23.7 Å². The zero-order valence-corrected chi connectivity index (χ0v) is 11.1. The molecule has 0 saturated heterocycles. The first-order valence-electron chi connectivity index (χ1n) is 7.46. The topological polar surface area (TPSA) is 54.5 Å². The molecule has 6 rings (SSSR count). The van der Waals surface area contributed by atoms with E-state index in [2.05, 4.69) is 19.9 Å². The molecule has 0 aliphatic heterocycles. The smallest absolute Gasteiger partial charge is 0.180 e. The van der Waals surface area contributed by atoms with Gasteiger partial charge in [-0.1, -0.05) is 0 Å². The molecule has 1 N–H and O–H groups in total. The molecule has 100 valence electrons. The Balaban J connectivity index is 0.000000103. The van der Waals surface area contributed by atoms with E-state index < -0.39 is 0 Å². The summed E-state index contributed by atoms with van der Waals surface area (Å²) < 4.78 is 0. The lowest BCUT2D eigenvalue weighted by Gasteiger charge is -2.49. The van der Waals surface area contributed by atoms with Gasteiger partial charge in [0.05, 0.1) is 12.5 Å². The molecule has 4 aliphatic rings. The summed E-state index contributed by atoms with van der Waals surface area (Å²) in [5, 5.41) is 0. The van der Waals surface area contributed by atoms with Gasteiger partial charge in [-0.3, -0.25) is 0 Å². The number of aromatic amines is 1. The Morgan fingerprint density at radius 2 is 1.42 bits per heavy atom. The first-order valence-corrected chi connectivity index (χ1v) is 7.46. The number of H-pyrrole nitrogens is 1. The predicted octanol–water partition coefficient (Wildman–Crippen LogP) is 3.19. The van der Waals surface area contributed by atoms with Crippen molar-refractivity contribution in [1.82, 2.24) is 19.9 Å². The lowest BCUT2D eigenvalue weighted by Crippen LogP contribution is -2.38. The molecule has 2 aromatic heterocycles. The molecule has 0 amide bonds. The molecule has 2 aromatic rings. The summed E-state index contributed by atoms with van der Waals surface area (Å²) in [6.45, 7) is 0. The van der Waals surface area contributed by atoms with E-state index in [4.69, 9.17) is 0 Å². The van der Waals surface area contributed by atoms with Crippen LogP contribution in [-0.4, -0.2) is 19.9 Å². The maximum absolute atomic E-state index is 3.91. The molecule has 0 radical (unpaired) electrons. The fourth-order valence-electron chi connectivity index (χ4n) is 4.67. The third kappa shape index (κ3) is 2.24. The maximum Gasteiger partial charge on any atom is 0.180 e. The Bertz CT molecular complexity index is 475. The zero-order valence-electron chi connectivity index (χ0n) is 11.1. The first-order chi connectivity index (χ1) is 9.37. The van der Waals surface area contributed by atoms with Gasteiger partial charge in [0.2, 0.25) is 0 Å². The van der Waals surface area contributed by atoms with Crippen LogP contribution in [0.1, 0.15) is 38.5 Å². The molecule has 0 atom stereocenters. The molecule has 4 fully saturated rings. The van der Waals surface area contributed by atoms with Crippen molar-refractivity contribution in [2.45, 2.75) is 38.5 Å². The summed E-state index contributed by atoms with van der Waals surface area (Å²) in [5.41, 5.74) is 1.59. The highest BCUT2D eigenvalue weighted by atomic mass is 15.0. The second-order valence-corrected chi connectivity index (χ2v) is 6.54. The number of nitrogens with one attached hydrogen (secondary N) is 1. The van der Waals surface area contributed by atoms with Crippen LogP contribution in [0.25, 0.3) is 11.2 Å². The second-order valence-electron chi connectivity index (χ2n) is 6.54. The largest absolute Gasteiger partial charge is 0.342 e. The molecule has 4 nitrogen and oxygen atoms in total. The van der Waals surface area contributed by atoms with Crippen LogP contribution in [0.2, 0.25) is 0 Å². The average molecular weight is 256 g/mol. The fraction of sp³-hybridized carbons (Fsp3) is 0.667. The molecule has 4 heteroatoms. The number of fused-ring (bicyclic) bond motifs is 1. The van der Waals surface area contributed by atoms with Crippen LogP contribution in [0.15, 0.2) is 18.9 Å². The molecular weight excluding hydrogens is 236 g/mol. The van der Waals surface area contributed by atoms with Gasteiger partial charge in [-0.05, 0) is 62.2 Å². The highest BCUT2D eigenvalue weighted by Crippen LogP contribution is 2.53. The van der Waals surface area contributed by atoms with E-state index in [1.165, 1.54) is 30.0 Å². The highest BCUT2D eigenvalue weighted by Gasteiger charge is 2.41. The van der Waals surface area contributed by atoms with Gasteiger partial charge >= 0.3 is 0 Å². The minimum absolute atomic E-state index is 0.713. The van der Waals surface area contributed by atoms with Crippen molar-refractivity contribution in [3.05, 3.63) is 18.9 Å². The van der Waals surface area contributed by atoms with Crippen molar-refractivity contribution in [2.75, 3.05) is 0 Å². The molecule has 4 aliphatic carbocycles. The Hall–Kier alpha value is -1.45. The van der Waals surface area contributed by atoms with E-state index in [0.29, 0.717) is 5.65 Å². The van der Waals surface area contributed by atoms with Crippen LogP contribution in [0.5, 0.6) is 0 Å². The van der Waals surface area contributed by atoms with Crippen LogP contribution in [-0.2, 0) is 0 Å². The SMILES string of the molecule is C1C2CC3CC1CC(C2)C3.c1ncc2[nH]cnc2n1. The Labute approximate surface area is 113 Å². The van der Waals surface area contributed by atoms with Gasteiger partial charge in [-0.2, -0.15) is 0 Å². The summed E-state index contributed by atoms with van der Waals surface area (Å²) in [4.78, 5) is 14.5. The van der Waals surface area contributed by atoms with E-state index in [-0.39, 0.29) is 0 Å². The summed E-state index contributed by atoms with van der Waals surface area (Å²) in [7, 11) is 0. The number of nitrogens with zero attached hydrogens (tertiary/aromatic N) is 3. The minimum Gasteiger partial charge on any atom is -0.342 e. The molecule has 2 heterocycles. The predicted molar refractivity (Wildman–Crippen MR) is 73.3 cm³/mol. The van der Waals surface area contributed by atoms with E-state index in [9.17, 15) is 0 Å². The van der Waals surface area contributed by atoms with E-state index in [0.717, 1.165) is 5.52 Å². The van der Waals surface area contributed by atoms with Crippen molar-refractivity contribution in [3.8, 4) is 0 Å². The van der Waals surface area contributed by atoms with Gasteiger partial charge < -0.3 is 4.98 Å². The Morgan fingerprint density at radius 3 is 1.95 bits per heavy atom. The van der Waals surface area contributed by atoms with Crippen molar-refractivity contribution in [3.63, 3.8) is 0 Å². The Morgan fingerprint density at radius 1 is 0.842 bits per heavy atom. The third-order valence-electron chi connectivity index (χ3n) is 5.10. The molecular formula is C15H20N4. The van der Waals surface area contributed by atoms with Crippen molar-refractivity contribution >= 4 is 11.2 Å². The number of hydrogen-bond donors (Lipinski definition) is 1. The summed E-state index contributed by atoms with van der Waals surface area (Å²) in [6, 6.07) is 0. The maximum atomic E-state index is 3.91. The second kappa shape index (κ2) is 4.58. The first kappa shape index (κ1) is 11.4. The van der Waals surface area contributed by atoms with Crippen molar-refractivity contribution in [2.24, 2.45) is 23.7 Å². The average Bonchev–Trinajstić information content (AvgIpc) is 2.86. The molecule has 0 spiro atoms. The van der Waals surface area contributed by atoms with Gasteiger partial charge in [-0.15, -0.1) is 0 Å². The van der Waals surface area contributed by atoms with E-state index >= 15 is 0 Å². The number of hydrogen-bond acceptors (Lipinski definition) is 3. The van der Waals surface area contributed by atoms with Gasteiger partial charge in [-0.25, -0.2) is 15.0 Å². The van der Waals surface area contributed by atoms with Gasteiger partial charge in [0.25, 0.3) is 0 Å².